The van der Waals surface area contributed by atoms with Gasteiger partial charge in [-0.1, -0.05) is 6.07 Å². The molecule has 148 valence electrons. The lowest BCUT2D eigenvalue weighted by molar-refractivity contribution is 0.0941. The largest absolute Gasteiger partial charge is 0.494 e. The number of anilines is 1. The molecule has 9 heteroatoms. The molecule has 0 spiro atoms. The lowest BCUT2D eigenvalue weighted by atomic mass is 10.2. The summed E-state index contributed by atoms with van der Waals surface area (Å²) in [4.78, 5) is 12.2. The predicted octanol–water partition coefficient (Wildman–Crippen LogP) is 2.38. The Labute approximate surface area is 165 Å². The van der Waals surface area contributed by atoms with Crippen LogP contribution in [0.2, 0.25) is 0 Å². The van der Waals surface area contributed by atoms with Crippen molar-refractivity contribution in [1.82, 2.24) is 5.32 Å². The standard InChI is InChI=1S/C18H23N3O4S.ClH/c1-3-25-16-9-7-15(8-10-16)21-26(23,24)17-6-4-5-14(11-17)18(22)20-13(2)12-19;/h4-11,13,21H,3,12,19H2,1-2H3,(H,20,22);1H/t13-;/m0./s1. The first-order valence-electron chi connectivity index (χ1n) is 8.22. The van der Waals surface area contributed by atoms with E-state index in [0.717, 1.165) is 0 Å². The Hall–Kier alpha value is -2.29. The second kappa shape index (κ2) is 10.1. The van der Waals surface area contributed by atoms with Gasteiger partial charge < -0.3 is 15.8 Å². The zero-order chi connectivity index (χ0) is 19.2. The fourth-order valence-electron chi connectivity index (χ4n) is 2.17. The van der Waals surface area contributed by atoms with Crippen LogP contribution in [-0.2, 0) is 10.0 Å². The highest BCUT2D eigenvalue weighted by Crippen LogP contribution is 2.20. The molecule has 0 heterocycles. The van der Waals surface area contributed by atoms with Crippen molar-refractivity contribution in [2.75, 3.05) is 17.9 Å². The van der Waals surface area contributed by atoms with Gasteiger partial charge in [0.2, 0.25) is 0 Å². The van der Waals surface area contributed by atoms with Crippen LogP contribution < -0.4 is 20.5 Å². The number of halogens is 1. The molecule has 2 rings (SSSR count). The van der Waals surface area contributed by atoms with Gasteiger partial charge in [0.15, 0.2) is 0 Å². The van der Waals surface area contributed by atoms with E-state index in [1.807, 2.05) is 6.92 Å². The highest BCUT2D eigenvalue weighted by molar-refractivity contribution is 7.92. The van der Waals surface area contributed by atoms with E-state index in [2.05, 4.69) is 10.0 Å². The molecule has 0 aliphatic rings. The first kappa shape index (κ1) is 22.8. The number of amides is 1. The number of hydrogen-bond acceptors (Lipinski definition) is 5. The minimum Gasteiger partial charge on any atom is -0.494 e. The van der Waals surface area contributed by atoms with Gasteiger partial charge in [-0.3, -0.25) is 9.52 Å². The smallest absolute Gasteiger partial charge is 0.261 e. The summed E-state index contributed by atoms with van der Waals surface area (Å²) in [6, 6.07) is 12.2. The zero-order valence-electron chi connectivity index (χ0n) is 15.1. The van der Waals surface area contributed by atoms with Gasteiger partial charge in [0.05, 0.1) is 11.5 Å². The molecule has 0 bridgehead atoms. The van der Waals surface area contributed by atoms with Gasteiger partial charge in [-0.15, -0.1) is 12.4 Å². The maximum atomic E-state index is 12.6. The van der Waals surface area contributed by atoms with Crippen molar-refractivity contribution in [3.63, 3.8) is 0 Å². The highest BCUT2D eigenvalue weighted by Gasteiger charge is 2.17. The minimum absolute atomic E-state index is 0. The van der Waals surface area contributed by atoms with E-state index in [0.29, 0.717) is 24.6 Å². The molecule has 1 amide bonds. The fraction of sp³-hybridized carbons (Fsp3) is 0.278. The number of rotatable bonds is 8. The maximum Gasteiger partial charge on any atom is 0.261 e. The van der Waals surface area contributed by atoms with Crippen molar-refractivity contribution in [1.29, 1.82) is 0 Å². The average Bonchev–Trinajstić information content (AvgIpc) is 2.63. The van der Waals surface area contributed by atoms with Gasteiger partial charge in [-0.2, -0.15) is 0 Å². The monoisotopic (exact) mass is 413 g/mol. The summed E-state index contributed by atoms with van der Waals surface area (Å²) in [6.07, 6.45) is 0. The van der Waals surface area contributed by atoms with Crippen LogP contribution in [0.15, 0.2) is 53.4 Å². The quantitative estimate of drug-likeness (QED) is 0.615. The van der Waals surface area contributed by atoms with E-state index in [4.69, 9.17) is 10.5 Å². The molecule has 7 nitrogen and oxygen atoms in total. The van der Waals surface area contributed by atoms with Gasteiger partial charge in [-0.05, 0) is 56.3 Å². The van der Waals surface area contributed by atoms with E-state index in [9.17, 15) is 13.2 Å². The van der Waals surface area contributed by atoms with Crippen molar-refractivity contribution in [2.24, 2.45) is 5.73 Å². The van der Waals surface area contributed by atoms with Crippen molar-refractivity contribution in [2.45, 2.75) is 24.8 Å². The third-order valence-corrected chi connectivity index (χ3v) is 4.93. The van der Waals surface area contributed by atoms with Crippen LogP contribution in [0.1, 0.15) is 24.2 Å². The Balaban J connectivity index is 0.00000364. The lowest BCUT2D eigenvalue weighted by Gasteiger charge is -2.13. The first-order chi connectivity index (χ1) is 12.4. The molecule has 0 radical (unpaired) electrons. The molecule has 0 saturated heterocycles. The van der Waals surface area contributed by atoms with E-state index >= 15 is 0 Å². The maximum absolute atomic E-state index is 12.6. The lowest BCUT2D eigenvalue weighted by Crippen LogP contribution is -2.37. The number of hydrogen-bond donors (Lipinski definition) is 3. The first-order valence-corrected chi connectivity index (χ1v) is 9.70. The summed E-state index contributed by atoms with van der Waals surface area (Å²) < 4.78 is 33.0. The number of ether oxygens (including phenoxy) is 1. The Bertz CT molecular complexity index is 857. The van der Waals surface area contributed by atoms with Crippen LogP contribution in [0.25, 0.3) is 0 Å². The van der Waals surface area contributed by atoms with Crippen molar-refractivity contribution < 1.29 is 17.9 Å². The summed E-state index contributed by atoms with van der Waals surface area (Å²) >= 11 is 0. The van der Waals surface area contributed by atoms with E-state index in [1.165, 1.54) is 18.2 Å². The molecule has 1 atom stereocenters. The number of benzene rings is 2. The number of nitrogens with two attached hydrogens (primary N) is 1. The summed E-state index contributed by atoms with van der Waals surface area (Å²) in [7, 11) is -3.82. The molecular weight excluding hydrogens is 390 g/mol. The number of carbonyl (C=O) groups excluding carboxylic acids is 1. The number of sulfonamides is 1. The second-order valence-electron chi connectivity index (χ2n) is 5.70. The Morgan fingerprint density at radius 1 is 1.19 bits per heavy atom. The van der Waals surface area contributed by atoms with Gasteiger partial charge in [0, 0.05) is 23.8 Å². The average molecular weight is 414 g/mol. The molecular formula is C18H24ClN3O4S. The molecule has 0 aromatic heterocycles. The third kappa shape index (κ3) is 6.42. The molecule has 4 N–H and O–H groups in total. The molecule has 0 aliphatic heterocycles. The SMILES string of the molecule is CCOc1ccc(NS(=O)(=O)c2cccc(C(=O)N[C@@H](C)CN)c2)cc1.Cl. The molecule has 2 aromatic rings. The zero-order valence-corrected chi connectivity index (χ0v) is 16.8. The minimum atomic E-state index is -3.82. The Kier molecular flexibility index (Phi) is 8.55. The van der Waals surface area contributed by atoms with Crippen LogP contribution in [-0.4, -0.2) is 33.5 Å². The van der Waals surface area contributed by atoms with Crippen LogP contribution in [0.3, 0.4) is 0 Å². The summed E-state index contributed by atoms with van der Waals surface area (Å²) in [5.74, 6) is 0.282. The molecule has 27 heavy (non-hydrogen) atoms. The molecule has 0 fully saturated rings. The van der Waals surface area contributed by atoms with Gasteiger partial charge >= 0.3 is 0 Å². The van der Waals surface area contributed by atoms with Crippen LogP contribution >= 0.6 is 12.4 Å². The van der Waals surface area contributed by atoms with Crippen LogP contribution in [0.5, 0.6) is 5.75 Å². The molecule has 2 aromatic carbocycles. The molecule has 0 aliphatic carbocycles. The molecule has 0 unspecified atom stereocenters. The van der Waals surface area contributed by atoms with Gasteiger partial charge in [0.1, 0.15) is 5.75 Å². The summed E-state index contributed by atoms with van der Waals surface area (Å²) in [5.41, 5.74) is 6.14. The van der Waals surface area contributed by atoms with Gasteiger partial charge in [0.25, 0.3) is 15.9 Å². The Morgan fingerprint density at radius 2 is 1.85 bits per heavy atom. The van der Waals surface area contributed by atoms with Crippen molar-refractivity contribution in [3.8, 4) is 5.75 Å². The normalized spacial score (nSPS) is 11.8. The van der Waals surface area contributed by atoms with Crippen molar-refractivity contribution in [3.05, 3.63) is 54.1 Å². The van der Waals surface area contributed by atoms with Gasteiger partial charge in [-0.25, -0.2) is 8.42 Å². The van der Waals surface area contributed by atoms with Crippen molar-refractivity contribution >= 4 is 34.0 Å². The number of carbonyl (C=O) groups is 1. The van der Waals surface area contributed by atoms with E-state index < -0.39 is 10.0 Å². The second-order valence-corrected chi connectivity index (χ2v) is 7.38. The van der Waals surface area contributed by atoms with E-state index in [1.54, 1.807) is 37.3 Å². The predicted molar refractivity (Wildman–Crippen MR) is 108 cm³/mol. The van der Waals surface area contributed by atoms with Crippen LogP contribution in [0, 0.1) is 0 Å². The number of nitrogens with one attached hydrogen (secondary N) is 2. The van der Waals surface area contributed by atoms with E-state index in [-0.39, 0.29) is 34.8 Å². The Morgan fingerprint density at radius 3 is 2.44 bits per heavy atom. The molecule has 0 saturated carbocycles. The summed E-state index contributed by atoms with van der Waals surface area (Å²) in [6.45, 7) is 4.46. The third-order valence-electron chi connectivity index (χ3n) is 3.56. The highest BCUT2D eigenvalue weighted by atomic mass is 35.5. The summed E-state index contributed by atoms with van der Waals surface area (Å²) in [5, 5.41) is 2.70. The van der Waals surface area contributed by atoms with Crippen LogP contribution in [0.4, 0.5) is 5.69 Å². The fourth-order valence-corrected chi connectivity index (χ4v) is 3.27. The topological polar surface area (TPSA) is 111 Å².